The van der Waals surface area contributed by atoms with Crippen LogP contribution >= 0.6 is 22.9 Å². The lowest BCUT2D eigenvalue weighted by Gasteiger charge is -2.14. The summed E-state index contributed by atoms with van der Waals surface area (Å²) in [6.45, 7) is 0.613. The van der Waals surface area contributed by atoms with Crippen molar-refractivity contribution in [2.45, 2.75) is 6.54 Å². The third-order valence-corrected chi connectivity index (χ3v) is 4.87. The van der Waals surface area contributed by atoms with E-state index in [-0.39, 0.29) is 18.0 Å². The highest BCUT2D eigenvalue weighted by molar-refractivity contribution is 7.17. The summed E-state index contributed by atoms with van der Waals surface area (Å²) in [7, 11) is 3.38. The van der Waals surface area contributed by atoms with Crippen molar-refractivity contribution in [3.05, 3.63) is 50.8 Å². The van der Waals surface area contributed by atoms with E-state index in [0.717, 1.165) is 4.90 Å². The fourth-order valence-corrected chi connectivity index (χ4v) is 3.50. The number of thiophene rings is 1. The van der Waals surface area contributed by atoms with Crippen LogP contribution in [0.4, 0.5) is 5.69 Å². The molecule has 3 rings (SSSR count). The van der Waals surface area contributed by atoms with Gasteiger partial charge in [-0.25, -0.2) is 4.98 Å². The second-order valence-corrected chi connectivity index (χ2v) is 7.20. The minimum absolute atomic E-state index is 0.152. The SMILES string of the molecule is COc1ccc(Cl)cc1NC(=O)C[NH+](C)Cc1nc2ccsc2c(=O)[nH]1. The molecule has 26 heavy (non-hydrogen) atoms. The summed E-state index contributed by atoms with van der Waals surface area (Å²) in [6, 6.07) is 6.83. The van der Waals surface area contributed by atoms with Crippen molar-refractivity contribution in [3.63, 3.8) is 0 Å². The standard InChI is InChI=1S/C17H17ClN4O3S/c1-22(8-14-19-11-5-6-26-16(11)17(24)21-14)9-15(23)20-12-7-10(18)3-4-13(12)25-2/h3-7H,8-9H2,1-2H3,(H,20,23)(H,19,21,24)/p+1. The molecule has 0 spiro atoms. The summed E-state index contributed by atoms with van der Waals surface area (Å²) >= 11 is 7.33. The molecule has 0 saturated carbocycles. The van der Waals surface area contributed by atoms with E-state index in [4.69, 9.17) is 16.3 Å². The largest absolute Gasteiger partial charge is 0.495 e. The van der Waals surface area contributed by atoms with Gasteiger partial charge in [0.2, 0.25) is 0 Å². The van der Waals surface area contributed by atoms with Crippen molar-refractivity contribution < 1.29 is 14.4 Å². The Morgan fingerprint density at radius 3 is 3.00 bits per heavy atom. The lowest BCUT2D eigenvalue weighted by Crippen LogP contribution is -3.08. The van der Waals surface area contributed by atoms with Crippen LogP contribution in [0.1, 0.15) is 5.82 Å². The van der Waals surface area contributed by atoms with E-state index in [1.807, 2.05) is 18.5 Å². The van der Waals surface area contributed by atoms with Crippen molar-refractivity contribution in [3.8, 4) is 5.75 Å². The molecule has 1 unspecified atom stereocenters. The average molecular weight is 394 g/mol. The van der Waals surface area contributed by atoms with Crippen LogP contribution in [0, 0.1) is 0 Å². The number of anilines is 1. The number of fused-ring (bicyclic) bond motifs is 1. The molecule has 1 atom stereocenters. The van der Waals surface area contributed by atoms with Crippen LogP contribution in [0.5, 0.6) is 5.75 Å². The second-order valence-electron chi connectivity index (χ2n) is 5.85. The number of methoxy groups -OCH3 is 1. The first-order chi connectivity index (χ1) is 12.5. The fraction of sp³-hybridized carbons (Fsp3) is 0.235. The molecule has 0 saturated heterocycles. The van der Waals surface area contributed by atoms with Gasteiger partial charge in [-0.1, -0.05) is 11.6 Å². The zero-order valence-corrected chi connectivity index (χ0v) is 15.8. The van der Waals surface area contributed by atoms with Gasteiger partial charge in [-0.3, -0.25) is 9.59 Å². The van der Waals surface area contributed by atoms with Gasteiger partial charge >= 0.3 is 0 Å². The van der Waals surface area contributed by atoms with Crippen LogP contribution in [0.15, 0.2) is 34.4 Å². The molecule has 7 nitrogen and oxygen atoms in total. The quantitative estimate of drug-likeness (QED) is 0.589. The summed E-state index contributed by atoms with van der Waals surface area (Å²) in [5.41, 5.74) is 1.04. The average Bonchev–Trinajstić information content (AvgIpc) is 3.03. The molecule has 1 aromatic carbocycles. The number of ether oxygens (including phenoxy) is 1. The number of rotatable bonds is 6. The van der Waals surface area contributed by atoms with E-state index in [1.165, 1.54) is 18.4 Å². The Balaban J connectivity index is 1.65. The van der Waals surface area contributed by atoms with Crippen LogP contribution in [0.2, 0.25) is 5.02 Å². The van der Waals surface area contributed by atoms with E-state index in [9.17, 15) is 9.59 Å². The van der Waals surface area contributed by atoms with E-state index in [2.05, 4.69) is 15.3 Å². The van der Waals surface area contributed by atoms with Crippen molar-refractivity contribution in [1.82, 2.24) is 9.97 Å². The van der Waals surface area contributed by atoms with E-state index >= 15 is 0 Å². The molecule has 0 bridgehead atoms. The number of carbonyl (C=O) groups is 1. The lowest BCUT2D eigenvalue weighted by molar-refractivity contribution is -0.885. The first-order valence-electron chi connectivity index (χ1n) is 7.87. The number of nitrogens with zero attached hydrogens (tertiary/aromatic N) is 1. The number of aromatic amines is 1. The van der Waals surface area contributed by atoms with Crippen molar-refractivity contribution >= 4 is 44.7 Å². The maximum absolute atomic E-state index is 12.3. The van der Waals surface area contributed by atoms with Gasteiger partial charge in [0.15, 0.2) is 12.4 Å². The Morgan fingerprint density at radius 2 is 2.23 bits per heavy atom. The molecule has 0 aliphatic heterocycles. The summed E-state index contributed by atoms with van der Waals surface area (Å²) in [5, 5.41) is 5.14. The smallest absolute Gasteiger partial charge is 0.279 e. The number of H-pyrrole nitrogens is 1. The Bertz CT molecular complexity index is 1000. The van der Waals surface area contributed by atoms with Crippen molar-refractivity contribution in [2.24, 2.45) is 0 Å². The van der Waals surface area contributed by atoms with Gasteiger partial charge < -0.3 is 19.9 Å². The summed E-state index contributed by atoms with van der Waals surface area (Å²) in [4.78, 5) is 32.4. The molecule has 0 aliphatic rings. The monoisotopic (exact) mass is 393 g/mol. The molecule has 0 aliphatic carbocycles. The summed E-state index contributed by atoms with van der Waals surface area (Å²) < 4.78 is 5.83. The number of nitrogens with one attached hydrogen (secondary N) is 3. The van der Waals surface area contributed by atoms with Gasteiger partial charge in [0.1, 0.15) is 17.0 Å². The summed E-state index contributed by atoms with van der Waals surface area (Å²) in [6.07, 6.45) is 0. The van der Waals surface area contributed by atoms with Crippen LogP contribution in [0.3, 0.4) is 0 Å². The van der Waals surface area contributed by atoms with Gasteiger partial charge in [0.25, 0.3) is 11.5 Å². The van der Waals surface area contributed by atoms with E-state index < -0.39 is 0 Å². The van der Waals surface area contributed by atoms with Crippen LogP contribution in [0.25, 0.3) is 10.2 Å². The van der Waals surface area contributed by atoms with Crippen molar-refractivity contribution in [2.75, 3.05) is 26.0 Å². The molecule has 0 radical (unpaired) electrons. The van der Waals surface area contributed by atoms with Crippen LogP contribution in [-0.2, 0) is 11.3 Å². The minimum atomic E-state index is -0.193. The van der Waals surface area contributed by atoms with Gasteiger partial charge in [-0.15, -0.1) is 11.3 Å². The Labute approximate surface area is 158 Å². The molecule has 136 valence electrons. The number of quaternary nitrogens is 1. The van der Waals surface area contributed by atoms with Gasteiger partial charge in [-0.2, -0.15) is 0 Å². The van der Waals surface area contributed by atoms with Gasteiger partial charge in [-0.05, 0) is 29.6 Å². The number of carbonyl (C=O) groups excluding carboxylic acids is 1. The number of hydrogen-bond acceptors (Lipinski definition) is 5. The molecule has 0 fully saturated rings. The second kappa shape index (κ2) is 7.86. The number of aromatic nitrogens is 2. The molecular formula is C17H18ClN4O3S+. The van der Waals surface area contributed by atoms with Crippen LogP contribution < -0.4 is 20.5 Å². The Morgan fingerprint density at radius 1 is 1.42 bits per heavy atom. The highest BCUT2D eigenvalue weighted by Gasteiger charge is 2.15. The summed E-state index contributed by atoms with van der Waals surface area (Å²) in [5.74, 6) is 0.892. The number of amides is 1. The number of benzene rings is 1. The number of hydrogen-bond donors (Lipinski definition) is 3. The van der Waals surface area contributed by atoms with E-state index in [1.54, 1.807) is 18.2 Å². The van der Waals surface area contributed by atoms with Crippen molar-refractivity contribution in [1.29, 1.82) is 0 Å². The van der Waals surface area contributed by atoms with Crippen LogP contribution in [-0.4, -0.2) is 36.6 Å². The minimum Gasteiger partial charge on any atom is -0.495 e. The molecule has 1 amide bonds. The first kappa shape index (κ1) is 18.4. The molecule has 2 aromatic heterocycles. The zero-order chi connectivity index (χ0) is 18.7. The molecule has 3 aromatic rings. The molecular weight excluding hydrogens is 376 g/mol. The predicted octanol–water partition coefficient (Wildman–Crippen LogP) is 1.30. The molecule has 3 N–H and O–H groups in total. The fourth-order valence-electron chi connectivity index (χ4n) is 2.60. The normalized spacial score (nSPS) is 12.1. The molecule has 9 heteroatoms. The van der Waals surface area contributed by atoms with E-state index in [0.29, 0.717) is 39.0 Å². The Kier molecular flexibility index (Phi) is 5.55. The lowest BCUT2D eigenvalue weighted by atomic mass is 10.3. The molecule has 2 heterocycles. The zero-order valence-electron chi connectivity index (χ0n) is 14.3. The first-order valence-corrected chi connectivity index (χ1v) is 9.13. The highest BCUT2D eigenvalue weighted by Crippen LogP contribution is 2.27. The maximum atomic E-state index is 12.3. The maximum Gasteiger partial charge on any atom is 0.279 e. The number of likely N-dealkylation sites (N-methyl/N-ethyl adjacent to an activating group) is 1. The van der Waals surface area contributed by atoms with Gasteiger partial charge in [0.05, 0.1) is 25.4 Å². The van der Waals surface area contributed by atoms with Gasteiger partial charge in [0, 0.05) is 5.02 Å². The Hall–Kier alpha value is -2.42. The number of halogens is 1. The third-order valence-electron chi connectivity index (χ3n) is 3.73. The third kappa shape index (κ3) is 4.21. The highest BCUT2D eigenvalue weighted by atomic mass is 35.5. The predicted molar refractivity (Wildman–Crippen MR) is 102 cm³/mol. The topological polar surface area (TPSA) is 88.5 Å².